The van der Waals surface area contributed by atoms with E-state index in [1.165, 1.54) is 24.6 Å². The highest BCUT2D eigenvalue weighted by molar-refractivity contribution is 7.93. The van der Waals surface area contributed by atoms with Gasteiger partial charge in [-0.3, -0.25) is 4.31 Å². The third-order valence-corrected chi connectivity index (χ3v) is 5.88. The fourth-order valence-corrected chi connectivity index (χ4v) is 4.43. The van der Waals surface area contributed by atoms with E-state index >= 15 is 0 Å². The maximum absolute atomic E-state index is 13.3. The zero-order valence-electron chi connectivity index (χ0n) is 14.3. The minimum absolute atomic E-state index is 0.0676. The van der Waals surface area contributed by atoms with Crippen molar-refractivity contribution >= 4 is 21.4 Å². The summed E-state index contributed by atoms with van der Waals surface area (Å²) in [5, 5.41) is 3.20. The lowest BCUT2D eigenvalue weighted by Crippen LogP contribution is -2.39. The predicted octanol–water partition coefficient (Wildman–Crippen LogP) is 2.33. The maximum atomic E-state index is 13.3. The lowest BCUT2D eigenvalue weighted by Gasteiger charge is -2.31. The number of methoxy groups -OCH3 is 3. The van der Waals surface area contributed by atoms with E-state index in [-0.39, 0.29) is 10.6 Å². The standard InChI is InChI=1S/C17H20N2O5S/c1-22-12-4-6-15-14(10-12)18-8-9-19(15)25(20,21)17-11-13(23-2)5-7-16(17)24-3/h4-7,10-11,18H,8-9H2,1-3H3. The first-order valence-electron chi connectivity index (χ1n) is 7.68. The van der Waals surface area contributed by atoms with E-state index in [0.29, 0.717) is 36.0 Å². The van der Waals surface area contributed by atoms with Crippen molar-refractivity contribution in [3.63, 3.8) is 0 Å². The van der Waals surface area contributed by atoms with Crippen LogP contribution in [0.2, 0.25) is 0 Å². The first-order chi connectivity index (χ1) is 12.0. The fourth-order valence-electron chi connectivity index (χ4n) is 2.77. The number of hydrogen-bond acceptors (Lipinski definition) is 6. The molecule has 1 heterocycles. The van der Waals surface area contributed by atoms with E-state index in [2.05, 4.69) is 5.32 Å². The number of ether oxygens (including phenoxy) is 3. The van der Waals surface area contributed by atoms with Gasteiger partial charge in [-0.2, -0.15) is 0 Å². The quantitative estimate of drug-likeness (QED) is 0.877. The van der Waals surface area contributed by atoms with E-state index in [0.717, 1.165) is 0 Å². The number of sulfonamides is 1. The third-order valence-electron chi connectivity index (χ3n) is 4.04. The van der Waals surface area contributed by atoms with Crippen LogP contribution in [0, 0.1) is 0 Å². The van der Waals surface area contributed by atoms with Crippen molar-refractivity contribution in [3.8, 4) is 17.2 Å². The molecule has 25 heavy (non-hydrogen) atoms. The van der Waals surface area contributed by atoms with E-state index in [4.69, 9.17) is 14.2 Å². The summed E-state index contributed by atoms with van der Waals surface area (Å²) in [6.07, 6.45) is 0. The smallest absolute Gasteiger partial charge is 0.268 e. The van der Waals surface area contributed by atoms with Crippen LogP contribution >= 0.6 is 0 Å². The Balaban J connectivity index is 2.11. The van der Waals surface area contributed by atoms with Gasteiger partial charge in [0.2, 0.25) is 0 Å². The first-order valence-corrected chi connectivity index (χ1v) is 9.12. The monoisotopic (exact) mass is 364 g/mol. The minimum Gasteiger partial charge on any atom is -0.497 e. The number of rotatable bonds is 5. The van der Waals surface area contributed by atoms with Crippen LogP contribution in [0.5, 0.6) is 17.2 Å². The Morgan fingerprint density at radius 1 is 0.960 bits per heavy atom. The number of hydrogen-bond donors (Lipinski definition) is 1. The molecule has 0 saturated carbocycles. The first kappa shape index (κ1) is 17.2. The van der Waals surface area contributed by atoms with E-state index in [9.17, 15) is 8.42 Å². The Hall–Kier alpha value is -2.61. The van der Waals surface area contributed by atoms with Crippen molar-refractivity contribution in [2.45, 2.75) is 4.90 Å². The maximum Gasteiger partial charge on any atom is 0.268 e. The fraction of sp³-hybridized carbons (Fsp3) is 0.294. The second kappa shape index (κ2) is 6.72. The van der Waals surface area contributed by atoms with Gasteiger partial charge in [0.25, 0.3) is 10.0 Å². The van der Waals surface area contributed by atoms with Crippen molar-refractivity contribution in [2.75, 3.05) is 44.0 Å². The lowest BCUT2D eigenvalue weighted by atomic mass is 10.2. The van der Waals surface area contributed by atoms with Crippen LogP contribution < -0.4 is 23.8 Å². The average molecular weight is 364 g/mol. The van der Waals surface area contributed by atoms with Crippen LogP contribution in [0.1, 0.15) is 0 Å². The van der Waals surface area contributed by atoms with Gasteiger partial charge in [-0.25, -0.2) is 8.42 Å². The topological polar surface area (TPSA) is 77.1 Å². The summed E-state index contributed by atoms with van der Waals surface area (Å²) in [4.78, 5) is 0.0676. The van der Waals surface area contributed by atoms with Gasteiger partial charge >= 0.3 is 0 Å². The Morgan fingerprint density at radius 2 is 1.64 bits per heavy atom. The van der Waals surface area contributed by atoms with Gasteiger partial charge < -0.3 is 19.5 Å². The molecule has 1 aliphatic rings. The van der Waals surface area contributed by atoms with Gasteiger partial charge in [0.15, 0.2) is 0 Å². The Kier molecular flexibility index (Phi) is 4.63. The normalized spacial score (nSPS) is 13.6. The molecule has 134 valence electrons. The lowest BCUT2D eigenvalue weighted by molar-refractivity contribution is 0.392. The molecule has 0 spiro atoms. The third kappa shape index (κ3) is 3.05. The van der Waals surface area contributed by atoms with Crippen LogP contribution in [0.4, 0.5) is 11.4 Å². The molecule has 1 N–H and O–H groups in total. The highest BCUT2D eigenvalue weighted by atomic mass is 32.2. The summed E-state index contributed by atoms with van der Waals surface area (Å²) in [5.74, 6) is 1.38. The van der Waals surface area contributed by atoms with Crippen LogP contribution in [-0.2, 0) is 10.0 Å². The Labute approximate surface area is 147 Å². The van der Waals surface area contributed by atoms with E-state index < -0.39 is 10.0 Å². The van der Waals surface area contributed by atoms with Gasteiger partial charge in [-0.15, -0.1) is 0 Å². The molecular weight excluding hydrogens is 344 g/mol. The number of anilines is 2. The minimum atomic E-state index is -3.82. The molecule has 0 amide bonds. The molecule has 0 radical (unpaired) electrons. The number of fused-ring (bicyclic) bond motifs is 1. The molecule has 0 unspecified atom stereocenters. The molecule has 3 rings (SSSR count). The molecule has 0 bridgehead atoms. The van der Waals surface area contributed by atoms with Crippen molar-refractivity contribution in [3.05, 3.63) is 36.4 Å². The Morgan fingerprint density at radius 3 is 2.32 bits per heavy atom. The molecule has 2 aromatic carbocycles. The van der Waals surface area contributed by atoms with Crippen molar-refractivity contribution < 1.29 is 22.6 Å². The molecule has 1 aliphatic heterocycles. The van der Waals surface area contributed by atoms with Crippen LogP contribution in [0.3, 0.4) is 0 Å². The van der Waals surface area contributed by atoms with E-state index in [1.807, 2.05) is 0 Å². The van der Waals surface area contributed by atoms with Gasteiger partial charge in [0, 0.05) is 18.7 Å². The van der Waals surface area contributed by atoms with Gasteiger partial charge in [-0.1, -0.05) is 0 Å². The summed E-state index contributed by atoms with van der Waals surface area (Å²) < 4.78 is 43.6. The highest BCUT2D eigenvalue weighted by Gasteiger charge is 2.32. The molecule has 0 aromatic heterocycles. The summed E-state index contributed by atoms with van der Waals surface area (Å²) in [7, 11) is 0.679. The molecule has 0 saturated heterocycles. The van der Waals surface area contributed by atoms with Gasteiger partial charge in [0.1, 0.15) is 22.1 Å². The van der Waals surface area contributed by atoms with Gasteiger partial charge in [0.05, 0.1) is 39.2 Å². The number of nitrogens with one attached hydrogen (secondary N) is 1. The number of nitrogens with zero attached hydrogens (tertiary/aromatic N) is 1. The van der Waals surface area contributed by atoms with Gasteiger partial charge in [-0.05, 0) is 24.3 Å². The summed E-state index contributed by atoms with van der Waals surface area (Å²) in [6.45, 7) is 0.799. The summed E-state index contributed by atoms with van der Waals surface area (Å²) in [6, 6.07) is 9.96. The molecule has 0 aliphatic carbocycles. The SMILES string of the molecule is COc1ccc2c(c1)NCCN2S(=O)(=O)c1cc(OC)ccc1OC. The molecule has 7 nitrogen and oxygen atoms in total. The van der Waals surface area contributed by atoms with E-state index in [1.54, 1.807) is 37.4 Å². The predicted molar refractivity (Wildman–Crippen MR) is 95.6 cm³/mol. The molecular formula is C17H20N2O5S. The highest BCUT2D eigenvalue weighted by Crippen LogP contribution is 2.38. The van der Waals surface area contributed by atoms with Crippen LogP contribution in [0.15, 0.2) is 41.3 Å². The molecule has 8 heteroatoms. The van der Waals surface area contributed by atoms with Crippen LogP contribution in [0.25, 0.3) is 0 Å². The molecule has 0 fully saturated rings. The zero-order valence-corrected chi connectivity index (χ0v) is 15.1. The zero-order chi connectivity index (χ0) is 18.0. The second-order valence-electron chi connectivity index (χ2n) is 5.40. The molecule has 0 atom stereocenters. The van der Waals surface area contributed by atoms with Crippen molar-refractivity contribution in [1.29, 1.82) is 0 Å². The largest absolute Gasteiger partial charge is 0.497 e. The average Bonchev–Trinajstić information content (AvgIpc) is 2.66. The van der Waals surface area contributed by atoms with Crippen molar-refractivity contribution in [1.82, 2.24) is 0 Å². The summed E-state index contributed by atoms with van der Waals surface area (Å²) in [5.41, 5.74) is 1.27. The van der Waals surface area contributed by atoms with Crippen molar-refractivity contribution in [2.24, 2.45) is 0 Å². The summed E-state index contributed by atoms with van der Waals surface area (Å²) >= 11 is 0. The van der Waals surface area contributed by atoms with Crippen LogP contribution in [-0.4, -0.2) is 42.8 Å². The number of benzene rings is 2. The Bertz CT molecular complexity index is 883. The second-order valence-corrected chi connectivity index (χ2v) is 7.23. The molecule has 2 aromatic rings.